The molecule has 160 valence electrons. The Morgan fingerprint density at radius 2 is 1.77 bits per heavy atom. The van der Waals surface area contributed by atoms with Crippen LogP contribution in [0, 0.1) is 0 Å². The Morgan fingerprint density at radius 3 is 2.61 bits per heavy atom. The highest BCUT2D eigenvalue weighted by atomic mass is 35.5. The van der Waals surface area contributed by atoms with E-state index < -0.39 is 0 Å². The number of aromatic nitrogens is 2. The molecule has 1 aliphatic heterocycles. The van der Waals surface area contributed by atoms with Crippen molar-refractivity contribution in [3.8, 4) is 0 Å². The van der Waals surface area contributed by atoms with E-state index in [4.69, 9.17) is 11.6 Å². The third kappa shape index (κ3) is 4.86. The van der Waals surface area contributed by atoms with Crippen molar-refractivity contribution < 1.29 is 9.59 Å². The minimum atomic E-state index is -0.315. The second kappa shape index (κ2) is 9.18. The third-order valence-electron chi connectivity index (χ3n) is 5.26. The van der Waals surface area contributed by atoms with E-state index in [9.17, 15) is 14.4 Å². The van der Waals surface area contributed by atoms with E-state index in [0.717, 1.165) is 0 Å². The Morgan fingerprint density at radius 1 is 1.00 bits per heavy atom. The quantitative estimate of drug-likeness (QED) is 0.679. The lowest BCUT2D eigenvalue weighted by molar-refractivity contribution is -0.131. The third-order valence-corrected chi connectivity index (χ3v) is 5.49. The van der Waals surface area contributed by atoms with Crippen molar-refractivity contribution in [2.45, 2.75) is 13.0 Å². The average Bonchev–Trinajstić information content (AvgIpc) is 3.02. The molecule has 8 nitrogen and oxygen atoms in total. The van der Waals surface area contributed by atoms with E-state index in [1.165, 1.54) is 10.8 Å². The number of hydrogen-bond donors (Lipinski definition) is 1. The number of carbonyl (C=O) groups is 2. The lowest BCUT2D eigenvalue weighted by Gasteiger charge is -2.23. The van der Waals surface area contributed by atoms with Gasteiger partial charge < -0.3 is 15.1 Å². The largest absolute Gasteiger partial charge is 0.339 e. The van der Waals surface area contributed by atoms with Crippen molar-refractivity contribution in [1.82, 2.24) is 19.4 Å². The summed E-state index contributed by atoms with van der Waals surface area (Å²) in [4.78, 5) is 45.4. The second-order valence-electron chi connectivity index (χ2n) is 7.33. The van der Waals surface area contributed by atoms with Gasteiger partial charge in [-0.15, -0.1) is 0 Å². The minimum Gasteiger partial charge on any atom is -0.339 e. The molecule has 2 aromatic carbocycles. The fourth-order valence-corrected chi connectivity index (χ4v) is 3.84. The maximum absolute atomic E-state index is 12.9. The normalized spacial score (nSPS) is 14.4. The maximum Gasteiger partial charge on any atom is 0.321 e. The van der Waals surface area contributed by atoms with Crippen LogP contribution in [-0.4, -0.2) is 57.5 Å². The predicted molar refractivity (Wildman–Crippen MR) is 119 cm³/mol. The van der Waals surface area contributed by atoms with E-state index in [2.05, 4.69) is 10.3 Å². The highest BCUT2D eigenvalue weighted by Crippen LogP contribution is 2.16. The van der Waals surface area contributed by atoms with Crippen LogP contribution < -0.4 is 10.9 Å². The summed E-state index contributed by atoms with van der Waals surface area (Å²) in [5.74, 6) is -0.157. The number of nitrogens with one attached hydrogen (secondary N) is 1. The number of benzene rings is 2. The molecule has 3 aromatic rings. The van der Waals surface area contributed by atoms with Gasteiger partial charge in [0.05, 0.1) is 17.2 Å². The Hall–Kier alpha value is -3.39. The Kier molecular flexibility index (Phi) is 6.18. The van der Waals surface area contributed by atoms with Crippen molar-refractivity contribution in [3.63, 3.8) is 0 Å². The summed E-state index contributed by atoms with van der Waals surface area (Å²) in [7, 11) is 0. The van der Waals surface area contributed by atoms with Crippen molar-refractivity contribution in [1.29, 1.82) is 0 Å². The van der Waals surface area contributed by atoms with Gasteiger partial charge in [-0.25, -0.2) is 9.78 Å². The van der Waals surface area contributed by atoms with Gasteiger partial charge >= 0.3 is 6.03 Å². The monoisotopic (exact) mass is 439 g/mol. The number of halogens is 1. The predicted octanol–water partition coefficient (Wildman–Crippen LogP) is 2.82. The standard InChI is InChI=1S/C22H22ClN5O3/c23-16-5-3-6-17(13-16)25-22(31)27-10-4-9-26(11-12-27)21(30)15-28-19-8-2-1-7-18(19)24-14-20(28)29/h1-3,5-8,13-14H,4,9-12,15H2,(H,25,31). The van der Waals surface area contributed by atoms with Crippen LogP contribution in [0.4, 0.5) is 10.5 Å². The summed E-state index contributed by atoms with van der Waals surface area (Å²) in [6.07, 6.45) is 1.89. The van der Waals surface area contributed by atoms with E-state index in [1.54, 1.807) is 46.2 Å². The molecular weight excluding hydrogens is 418 g/mol. The zero-order valence-electron chi connectivity index (χ0n) is 16.8. The number of urea groups is 1. The first-order valence-electron chi connectivity index (χ1n) is 10.0. The highest BCUT2D eigenvalue weighted by molar-refractivity contribution is 6.30. The molecule has 31 heavy (non-hydrogen) atoms. The first kappa shape index (κ1) is 20.9. The van der Waals surface area contributed by atoms with Crippen LogP contribution in [0.25, 0.3) is 11.0 Å². The fraction of sp³-hybridized carbons (Fsp3) is 0.273. The minimum absolute atomic E-state index is 0.0590. The Bertz CT molecular complexity index is 1180. The molecular formula is C22H22ClN5O3. The van der Waals surface area contributed by atoms with Gasteiger partial charge in [-0.3, -0.25) is 14.2 Å². The number of fused-ring (bicyclic) bond motifs is 1. The summed E-state index contributed by atoms with van der Waals surface area (Å²) in [5.41, 5.74) is 1.60. The van der Waals surface area contributed by atoms with Crippen molar-refractivity contribution >= 4 is 40.3 Å². The zero-order valence-corrected chi connectivity index (χ0v) is 17.6. The topological polar surface area (TPSA) is 87.5 Å². The van der Waals surface area contributed by atoms with Crippen LogP contribution >= 0.6 is 11.6 Å². The van der Waals surface area contributed by atoms with Gasteiger partial charge in [-0.05, 0) is 36.8 Å². The molecule has 0 bridgehead atoms. The molecule has 9 heteroatoms. The van der Waals surface area contributed by atoms with Gasteiger partial charge in [0.1, 0.15) is 6.54 Å². The molecule has 1 saturated heterocycles. The van der Waals surface area contributed by atoms with Crippen LogP contribution in [0.5, 0.6) is 0 Å². The van der Waals surface area contributed by atoms with E-state index in [0.29, 0.717) is 54.3 Å². The first-order valence-corrected chi connectivity index (χ1v) is 10.4. The van der Waals surface area contributed by atoms with Crippen molar-refractivity contribution in [3.05, 3.63) is 70.1 Å². The molecule has 0 saturated carbocycles. The summed E-state index contributed by atoms with van der Waals surface area (Å²) in [6, 6.07) is 14.0. The van der Waals surface area contributed by atoms with Gasteiger partial charge in [0.2, 0.25) is 5.91 Å². The molecule has 0 spiro atoms. The molecule has 0 unspecified atom stereocenters. The average molecular weight is 440 g/mol. The molecule has 4 rings (SSSR count). The maximum atomic E-state index is 12.9. The highest BCUT2D eigenvalue weighted by Gasteiger charge is 2.23. The van der Waals surface area contributed by atoms with Gasteiger partial charge in [-0.2, -0.15) is 0 Å². The summed E-state index contributed by atoms with van der Waals surface area (Å²) in [6.45, 7) is 1.81. The lowest BCUT2D eigenvalue weighted by Crippen LogP contribution is -2.41. The van der Waals surface area contributed by atoms with Crippen LogP contribution in [0.3, 0.4) is 0 Å². The van der Waals surface area contributed by atoms with Crippen molar-refractivity contribution in [2.75, 3.05) is 31.5 Å². The van der Waals surface area contributed by atoms with Gasteiger partial charge in [0.15, 0.2) is 0 Å². The van der Waals surface area contributed by atoms with Gasteiger partial charge in [0.25, 0.3) is 5.56 Å². The SMILES string of the molecule is O=C(Cn1c(=O)cnc2ccccc21)N1CCCN(C(=O)Nc2cccc(Cl)c2)CC1. The van der Waals surface area contributed by atoms with Crippen LogP contribution in [0.2, 0.25) is 5.02 Å². The molecule has 1 fully saturated rings. The van der Waals surface area contributed by atoms with Crippen LogP contribution in [0.1, 0.15) is 6.42 Å². The molecule has 0 radical (unpaired) electrons. The number of amides is 3. The molecule has 0 aliphatic carbocycles. The van der Waals surface area contributed by atoms with E-state index >= 15 is 0 Å². The van der Waals surface area contributed by atoms with Gasteiger partial charge in [0, 0.05) is 36.9 Å². The molecule has 1 N–H and O–H groups in total. The summed E-state index contributed by atoms with van der Waals surface area (Å²) >= 11 is 5.97. The molecule has 1 aromatic heterocycles. The molecule has 3 amide bonds. The summed E-state index contributed by atoms with van der Waals surface area (Å²) < 4.78 is 1.44. The number of rotatable bonds is 3. The van der Waals surface area contributed by atoms with Crippen LogP contribution in [0.15, 0.2) is 59.5 Å². The smallest absolute Gasteiger partial charge is 0.321 e. The van der Waals surface area contributed by atoms with E-state index in [-0.39, 0.29) is 24.0 Å². The molecule has 1 aliphatic rings. The molecule has 0 atom stereocenters. The fourth-order valence-electron chi connectivity index (χ4n) is 3.65. The zero-order chi connectivity index (χ0) is 21.8. The number of nitrogens with zero attached hydrogens (tertiary/aromatic N) is 4. The Labute approximate surface area is 184 Å². The van der Waals surface area contributed by atoms with Crippen LogP contribution in [-0.2, 0) is 11.3 Å². The first-order chi connectivity index (χ1) is 15.0. The number of para-hydroxylation sites is 2. The summed E-state index contributed by atoms with van der Waals surface area (Å²) in [5, 5.41) is 3.38. The molecule has 2 heterocycles. The number of anilines is 1. The van der Waals surface area contributed by atoms with Crippen molar-refractivity contribution in [2.24, 2.45) is 0 Å². The Balaban J connectivity index is 1.41. The van der Waals surface area contributed by atoms with Gasteiger partial charge in [-0.1, -0.05) is 29.8 Å². The van der Waals surface area contributed by atoms with E-state index in [1.807, 2.05) is 12.1 Å². The number of carbonyl (C=O) groups excluding carboxylic acids is 2. The lowest BCUT2D eigenvalue weighted by atomic mass is 10.3. The number of hydrogen-bond acceptors (Lipinski definition) is 4. The second-order valence-corrected chi connectivity index (χ2v) is 7.77.